The van der Waals surface area contributed by atoms with Gasteiger partial charge in [-0.05, 0) is 48.9 Å². The molecule has 0 fully saturated rings. The summed E-state index contributed by atoms with van der Waals surface area (Å²) < 4.78 is 39.4. The number of rotatable bonds is 6. The van der Waals surface area contributed by atoms with E-state index in [0.717, 1.165) is 29.5 Å². The molecule has 1 N–H and O–H groups in total. The lowest BCUT2D eigenvalue weighted by molar-refractivity contribution is -0.137. The number of thioether (sulfide) groups is 1. The molecule has 0 aliphatic carbocycles. The molecule has 0 saturated heterocycles. The van der Waals surface area contributed by atoms with E-state index in [2.05, 4.69) is 15.5 Å². The molecule has 0 saturated carbocycles. The van der Waals surface area contributed by atoms with E-state index in [9.17, 15) is 22.8 Å². The maximum Gasteiger partial charge on any atom is 0.416 e. The van der Waals surface area contributed by atoms with Gasteiger partial charge in [-0.25, -0.2) is 10.4 Å². The number of para-hydroxylation sites is 1. The number of nitrogens with zero attached hydrogens (tertiary/aromatic N) is 3. The minimum absolute atomic E-state index is 0.0823. The number of hydrogen-bond acceptors (Lipinski definition) is 5. The van der Waals surface area contributed by atoms with Gasteiger partial charge in [0.25, 0.3) is 11.5 Å². The Labute approximate surface area is 202 Å². The van der Waals surface area contributed by atoms with E-state index in [1.165, 1.54) is 22.9 Å². The Bertz CT molecular complexity index is 1450. The van der Waals surface area contributed by atoms with Gasteiger partial charge in [-0.15, -0.1) is 0 Å². The molecule has 0 radical (unpaired) electrons. The predicted molar refractivity (Wildman–Crippen MR) is 130 cm³/mol. The smallest absolute Gasteiger partial charge is 0.272 e. The molecule has 3 aromatic carbocycles. The monoisotopic (exact) mass is 496 g/mol. The number of amides is 1. The Hall–Kier alpha value is -3.92. The fourth-order valence-electron chi connectivity index (χ4n) is 3.28. The van der Waals surface area contributed by atoms with Crippen molar-refractivity contribution in [2.75, 3.05) is 5.75 Å². The minimum atomic E-state index is -4.42. The first-order chi connectivity index (χ1) is 16.7. The SMILES string of the molecule is Cc1ccc2nc(SCC(=O)N/N=C/c3ccc(C(F)(F)F)cc3)n(-c3ccccc3)c(=O)c2c1. The van der Waals surface area contributed by atoms with Crippen molar-refractivity contribution in [1.29, 1.82) is 0 Å². The van der Waals surface area contributed by atoms with Gasteiger partial charge >= 0.3 is 6.18 Å². The summed E-state index contributed by atoms with van der Waals surface area (Å²) in [5, 5.41) is 4.62. The number of hydrogen-bond donors (Lipinski definition) is 1. The number of nitrogens with one attached hydrogen (secondary N) is 1. The Balaban J connectivity index is 1.50. The van der Waals surface area contributed by atoms with E-state index >= 15 is 0 Å². The van der Waals surface area contributed by atoms with Gasteiger partial charge in [-0.3, -0.25) is 14.2 Å². The van der Waals surface area contributed by atoms with E-state index in [-0.39, 0.29) is 11.3 Å². The minimum Gasteiger partial charge on any atom is -0.272 e. The van der Waals surface area contributed by atoms with Crippen LogP contribution in [0.3, 0.4) is 0 Å². The highest BCUT2D eigenvalue weighted by molar-refractivity contribution is 7.99. The van der Waals surface area contributed by atoms with Gasteiger partial charge < -0.3 is 0 Å². The second-order valence-electron chi connectivity index (χ2n) is 7.59. The van der Waals surface area contributed by atoms with Crippen LogP contribution in [0.2, 0.25) is 0 Å². The molecule has 10 heteroatoms. The molecule has 4 rings (SSSR count). The van der Waals surface area contributed by atoms with Crippen LogP contribution in [-0.2, 0) is 11.0 Å². The highest BCUT2D eigenvalue weighted by Crippen LogP contribution is 2.29. The second kappa shape index (κ2) is 10.1. The van der Waals surface area contributed by atoms with Gasteiger partial charge in [0.15, 0.2) is 5.16 Å². The average Bonchev–Trinajstić information content (AvgIpc) is 2.83. The van der Waals surface area contributed by atoms with Crippen molar-refractivity contribution in [1.82, 2.24) is 15.0 Å². The number of carbonyl (C=O) groups is 1. The molecule has 178 valence electrons. The van der Waals surface area contributed by atoms with Crippen LogP contribution < -0.4 is 11.0 Å². The number of alkyl halides is 3. The van der Waals surface area contributed by atoms with Crippen molar-refractivity contribution >= 4 is 34.8 Å². The summed E-state index contributed by atoms with van der Waals surface area (Å²) in [5.41, 5.74) is 3.81. The average molecular weight is 497 g/mol. The first kappa shape index (κ1) is 24.2. The first-order valence-corrected chi connectivity index (χ1v) is 11.4. The topological polar surface area (TPSA) is 76.3 Å². The van der Waals surface area contributed by atoms with Gasteiger partial charge in [0.2, 0.25) is 0 Å². The third kappa shape index (κ3) is 5.78. The standard InChI is InChI=1S/C25H19F3N4O2S/c1-16-7-12-21-20(13-16)23(34)32(19-5-3-2-4-6-19)24(30-21)35-15-22(33)31-29-14-17-8-10-18(11-9-17)25(26,27)28/h2-14H,15H2,1H3,(H,31,33)/b29-14+. The summed E-state index contributed by atoms with van der Waals surface area (Å²) in [6, 6.07) is 18.8. The molecule has 0 unspecified atom stereocenters. The molecule has 4 aromatic rings. The van der Waals surface area contributed by atoms with Crippen molar-refractivity contribution in [3.05, 3.63) is 99.8 Å². The lowest BCUT2D eigenvalue weighted by atomic mass is 10.1. The maximum absolute atomic E-state index is 13.3. The molecule has 6 nitrogen and oxygen atoms in total. The Morgan fingerprint density at radius 2 is 1.80 bits per heavy atom. The zero-order valence-corrected chi connectivity index (χ0v) is 19.2. The molecule has 0 bridgehead atoms. The molecule has 35 heavy (non-hydrogen) atoms. The molecule has 1 amide bonds. The van der Waals surface area contributed by atoms with Crippen molar-refractivity contribution in [2.24, 2.45) is 5.10 Å². The largest absolute Gasteiger partial charge is 0.416 e. The van der Waals surface area contributed by atoms with Gasteiger partial charge in [0, 0.05) is 0 Å². The number of halogens is 3. The van der Waals surface area contributed by atoms with Gasteiger partial charge in [-0.1, -0.05) is 53.7 Å². The molecular weight excluding hydrogens is 477 g/mol. The highest BCUT2D eigenvalue weighted by atomic mass is 32.2. The highest BCUT2D eigenvalue weighted by Gasteiger charge is 2.29. The van der Waals surface area contributed by atoms with Crippen LogP contribution in [0.5, 0.6) is 0 Å². The van der Waals surface area contributed by atoms with Crippen LogP contribution in [-0.4, -0.2) is 27.4 Å². The van der Waals surface area contributed by atoms with E-state index < -0.39 is 17.6 Å². The number of aromatic nitrogens is 2. The molecular formula is C25H19F3N4O2S. The zero-order valence-electron chi connectivity index (χ0n) is 18.4. The van der Waals surface area contributed by atoms with Gasteiger partial charge in [0.05, 0.1) is 34.1 Å². The molecule has 1 aromatic heterocycles. The fraction of sp³-hybridized carbons (Fsp3) is 0.120. The van der Waals surface area contributed by atoms with Gasteiger partial charge in [-0.2, -0.15) is 18.3 Å². The summed E-state index contributed by atoms with van der Waals surface area (Å²) in [6.07, 6.45) is -3.17. The van der Waals surface area contributed by atoms with Crippen molar-refractivity contribution in [2.45, 2.75) is 18.3 Å². The third-order valence-electron chi connectivity index (χ3n) is 4.98. The van der Waals surface area contributed by atoms with Crippen LogP contribution in [0.15, 0.2) is 87.8 Å². The number of aryl methyl sites for hydroxylation is 1. The number of fused-ring (bicyclic) bond motifs is 1. The maximum atomic E-state index is 13.3. The summed E-state index contributed by atoms with van der Waals surface area (Å²) in [4.78, 5) is 30.2. The van der Waals surface area contributed by atoms with E-state index in [1.54, 1.807) is 36.4 Å². The van der Waals surface area contributed by atoms with Gasteiger partial charge in [0.1, 0.15) is 0 Å². The third-order valence-corrected chi connectivity index (χ3v) is 5.92. The van der Waals surface area contributed by atoms with Crippen LogP contribution >= 0.6 is 11.8 Å². The number of hydrazone groups is 1. The quantitative estimate of drug-likeness (QED) is 0.177. The fourth-order valence-corrected chi connectivity index (χ4v) is 4.09. The molecule has 0 aliphatic rings. The summed E-state index contributed by atoms with van der Waals surface area (Å²) in [6.45, 7) is 1.89. The number of benzene rings is 3. The van der Waals surface area contributed by atoms with Crippen molar-refractivity contribution < 1.29 is 18.0 Å². The first-order valence-electron chi connectivity index (χ1n) is 10.4. The van der Waals surface area contributed by atoms with Crippen molar-refractivity contribution in [3.8, 4) is 5.69 Å². The predicted octanol–water partition coefficient (Wildman–Crippen LogP) is 4.96. The molecule has 0 atom stereocenters. The van der Waals surface area contributed by atoms with Crippen LogP contribution in [0.1, 0.15) is 16.7 Å². The summed E-state index contributed by atoms with van der Waals surface area (Å²) in [7, 11) is 0. The Kier molecular flexibility index (Phi) is 7.02. The van der Waals surface area contributed by atoms with Crippen LogP contribution in [0.4, 0.5) is 13.2 Å². The molecule has 0 spiro atoms. The zero-order chi connectivity index (χ0) is 25.0. The van der Waals surface area contributed by atoms with E-state index in [4.69, 9.17) is 0 Å². The molecule has 0 aliphatic heterocycles. The van der Waals surface area contributed by atoms with Crippen LogP contribution in [0, 0.1) is 6.92 Å². The van der Waals surface area contributed by atoms with E-state index in [1.807, 2.05) is 19.1 Å². The second-order valence-corrected chi connectivity index (χ2v) is 8.54. The normalized spacial score (nSPS) is 11.8. The Morgan fingerprint density at radius 1 is 1.09 bits per heavy atom. The summed E-state index contributed by atoms with van der Waals surface area (Å²) >= 11 is 1.08. The lowest BCUT2D eigenvalue weighted by Crippen LogP contribution is -2.24. The van der Waals surface area contributed by atoms with Crippen molar-refractivity contribution in [3.63, 3.8) is 0 Å². The van der Waals surface area contributed by atoms with E-state index in [0.29, 0.717) is 27.3 Å². The van der Waals surface area contributed by atoms with Crippen LogP contribution in [0.25, 0.3) is 16.6 Å². The summed E-state index contributed by atoms with van der Waals surface area (Å²) in [5.74, 6) is -0.544. The lowest BCUT2D eigenvalue weighted by Gasteiger charge is -2.13. The Morgan fingerprint density at radius 3 is 2.49 bits per heavy atom. The number of carbonyl (C=O) groups excluding carboxylic acids is 1. The molecule has 1 heterocycles.